The van der Waals surface area contributed by atoms with Crippen LogP contribution in [0.4, 0.5) is 0 Å². The molecule has 0 heteroatoms. The minimum Gasteiger partial charge on any atom is -0.0654 e. The van der Waals surface area contributed by atoms with Crippen molar-refractivity contribution >= 4 is 0 Å². The van der Waals surface area contributed by atoms with Crippen LogP contribution in [0.5, 0.6) is 0 Å². The second kappa shape index (κ2) is 12.0. The number of rotatable bonds is 6. The Morgan fingerprint density at radius 1 is 0.531 bits per heavy atom. The predicted molar refractivity (Wildman–Crippen MR) is 138 cm³/mol. The molecule has 0 unspecified atom stereocenters. The van der Waals surface area contributed by atoms with E-state index in [9.17, 15) is 0 Å². The molecule has 162 valence electrons. The Labute approximate surface area is 195 Å². The topological polar surface area (TPSA) is 0 Å². The van der Waals surface area contributed by atoms with Gasteiger partial charge in [-0.25, -0.2) is 0 Å². The summed E-state index contributed by atoms with van der Waals surface area (Å²) in [5.74, 6) is 13.4. The Balaban J connectivity index is 1.72. The molecule has 0 N–H and O–H groups in total. The fraction of sp³-hybridized carbons (Fsp3) is 0.312. The van der Waals surface area contributed by atoms with Crippen molar-refractivity contribution < 1.29 is 0 Å². The first kappa shape index (κ1) is 23.4. The number of benzene rings is 3. The van der Waals surface area contributed by atoms with Gasteiger partial charge in [0.25, 0.3) is 0 Å². The van der Waals surface area contributed by atoms with Crippen LogP contribution >= 0.6 is 0 Å². The predicted octanol–water partition coefficient (Wildman–Crippen LogP) is 7.79. The van der Waals surface area contributed by atoms with Gasteiger partial charge in [-0.15, -0.1) is 0 Å². The van der Waals surface area contributed by atoms with Gasteiger partial charge < -0.3 is 0 Å². The Bertz CT molecular complexity index is 1040. The van der Waals surface area contributed by atoms with Crippen LogP contribution in [-0.4, -0.2) is 0 Å². The zero-order chi connectivity index (χ0) is 22.8. The summed E-state index contributed by atoms with van der Waals surface area (Å²) >= 11 is 0. The molecule has 0 saturated heterocycles. The molecule has 0 heterocycles. The van der Waals surface area contributed by atoms with Crippen molar-refractivity contribution in [3.8, 4) is 23.7 Å². The number of unbranched alkanes of at least 4 members (excludes halogenated alkanes) is 2. The van der Waals surface area contributed by atoms with Crippen LogP contribution in [0.15, 0.2) is 60.7 Å². The second-order valence-electron chi connectivity index (χ2n) is 8.58. The standard InChI is InChI=1S/C32H34/c1-5-7-9-27-11-15-29(16-12-27)19-21-31-23-26(4)32(24-25(31)3)22-20-30-17-13-28(14-18-30)10-8-6-2/h11-18,23-24H,5-10H2,1-4H3. The Hall–Kier alpha value is -3.22. The van der Waals surface area contributed by atoms with E-state index in [1.165, 1.54) is 47.9 Å². The quantitative estimate of drug-likeness (QED) is 0.358. The van der Waals surface area contributed by atoms with E-state index in [0.29, 0.717) is 0 Å². The Morgan fingerprint density at radius 3 is 1.25 bits per heavy atom. The molecule has 0 fully saturated rings. The van der Waals surface area contributed by atoms with Gasteiger partial charge in [0.1, 0.15) is 0 Å². The van der Waals surface area contributed by atoms with E-state index in [2.05, 4.69) is 112 Å². The van der Waals surface area contributed by atoms with Crippen LogP contribution in [0.1, 0.15) is 84.0 Å². The normalized spacial score (nSPS) is 10.1. The lowest BCUT2D eigenvalue weighted by Crippen LogP contribution is -1.90. The highest BCUT2D eigenvalue weighted by Crippen LogP contribution is 2.16. The molecule has 0 nitrogen and oxygen atoms in total. The van der Waals surface area contributed by atoms with E-state index in [1.54, 1.807) is 0 Å². The van der Waals surface area contributed by atoms with Gasteiger partial charge >= 0.3 is 0 Å². The van der Waals surface area contributed by atoms with E-state index >= 15 is 0 Å². The van der Waals surface area contributed by atoms with Crippen molar-refractivity contribution in [2.45, 2.75) is 66.2 Å². The zero-order valence-electron chi connectivity index (χ0n) is 20.0. The molecule has 0 atom stereocenters. The third kappa shape index (κ3) is 6.90. The number of aryl methyl sites for hydroxylation is 4. The summed E-state index contributed by atoms with van der Waals surface area (Å²) in [5.41, 5.74) is 9.39. The van der Waals surface area contributed by atoms with Gasteiger partial charge in [-0.2, -0.15) is 0 Å². The maximum Gasteiger partial charge on any atom is 0.0281 e. The minimum absolute atomic E-state index is 1.06. The molecule has 32 heavy (non-hydrogen) atoms. The third-order valence-corrected chi connectivity index (χ3v) is 5.80. The average molecular weight is 419 g/mol. The maximum atomic E-state index is 3.36. The molecule has 3 rings (SSSR count). The van der Waals surface area contributed by atoms with Gasteiger partial charge in [0.15, 0.2) is 0 Å². The molecule has 0 aliphatic rings. The maximum absolute atomic E-state index is 3.36. The lowest BCUT2D eigenvalue weighted by molar-refractivity contribution is 0.795. The fourth-order valence-electron chi connectivity index (χ4n) is 3.64. The molecule has 3 aromatic carbocycles. The van der Waals surface area contributed by atoms with Crippen molar-refractivity contribution in [1.29, 1.82) is 0 Å². The molecule has 0 aliphatic heterocycles. The Morgan fingerprint density at radius 2 is 0.906 bits per heavy atom. The minimum atomic E-state index is 1.06. The lowest BCUT2D eigenvalue weighted by Gasteiger charge is -2.04. The lowest BCUT2D eigenvalue weighted by atomic mass is 9.99. The van der Waals surface area contributed by atoms with Crippen molar-refractivity contribution in [3.05, 3.63) is 105 Å². The summed E-state index contributed by atoms with van der Waals surface area (Å²) in [6.07, 6.45) is 7.23. The van der Waals surface area contributed by atoms with Crippen molar-refractivity contribution in [2.24, 2.45) is 0 Å². The Kier molecular flexibility index (Phi) is 8.78. The highest BCUT2D eigenvalue weighted by Gasteiger charge is 2.02. The van der Waals surface area contributed by atoms with Gasteiger partial charge in [0, 0.05) is 22.3 Å². The smallest absolute Gasteiger partial charge is 0.0281 e. The summed E-state index contributed by atoms with van der Waals surface area (Å²) < 4.78 is 0. The van der Waals surface area contributed by atoms with E-state index in [0.717, 1.165) is 35.1 Å². The first-order valence-corrected chi connectivity index (χ1v) is 11.9. The highest BCUT2D eigenvalue weighted by atomic mass is 14.0. The SMILES string of the molecule is CCCCc1ccc(C#Cc2cc(C)c(C#Cc3ccc(CCCC)cc3)cc2C)cc1. The molecular formula is C32H34. The van der Waals surface area contributed by atoms with Crippen LogP contribution in [0.2, 0.25) is 0 Å². The van der Waals surface area contributed by atoms with Gasteiger partial charge in [-0.1, -0.05) is 74.6 Å². The highest BCUT2D eigenvalue weighted by molar-refractivity contribution is 5.54. The van der Waals surface area contributed by atoms with Crippen molar-refractivity contribution in [1.82, 2.24) is 0 Å². The molecule has 3 aromatic rings. The van der Waals surface area contributed by atoms with Crippen molar-refractivity contribution in [2.75, 3.05) is 0 Å². The summed E-state index contributed by atoms with van der Waals surface area (Å²) in [7, 11) is 0. The summed E-state index contributed by atoms with van der Waals surface area (Å²) in [6, 6.07) is 21.7. The third-order valence-electron chi connectivity index (χ3n) is 5.80. The first-order chi connectivity index (χ1) is 15.6. The number of hydrogen-bond acceptors (Lipinski definition) is 0. The van der Waals surface area contributed by atoms with E-state index in [-0.39, 0.29) is 0 Å². The molecule has 0 radical (unpaired) electrons. The van der Waals surface area contributed by atoms with Crippen LogP contribution < -0.4 is 0 Å². The zero-order valence-corrected chi connectivity index (χ0v) is 20.0. The fourth-order valence-corrected chi connectivity index (χ4v) is 3.64. The first-order valence-electron chi connectivity index (χ1n) is 11.9. The second-order valence-corrected chi connectivity index (χ2v) is 8.58. The average Bonchev–Trinajstić information content (AvgIpc) is 2.82. The van der Waals surface area contributed by atoms with Gasteiger partial charge in [0.2, 0.25) is 0 Å². The molecule has 0 aromatic heterocycles. The largest absolute Gasteiger partial charge is 0.0654 e. The van der Waals surface area contributed by atoms with Gasteiger partial charge in [-0.05, 0) is 98.2 Å². The van der Waals surface area contributed by atoms with Crippen molar-refractivity contribution in [3.63, 3.8) is 0 Å². The van der Waals surface area contributed by atoms with Gasteiger partial charge in [0.05, 0.1) is 0 Å². The van der Waals surface area contributed by atoms with Crippen LogP contribution in [0.3, 0.4) is 0 Å². The van der Waals surface area contributed by atoms with Crippen LogP contribution in [0.25, 0.3) is 0 Å². The number of hydrogen-bond donors (Lipinski definition) is 0. The van der Waals surface area contributed by atoms with E-state index < -0.39 is 0 Å². The molecule has 0 amide bonds. The summed E-state index contributed by atoms with van der Waals surface area (Å²) in [5, 5.41) is 0. The summed E-state index contributed by atoms with van der Waals surface area (Å²) in [6.45, 7) is 8.69. The molecule has 0 spiro atoms. The van der Waals surface area contributed by atoms with Crippen LogP contribution in [-0.2, 0) is 12.8 Å². The van der Waals surface area contributed by atoms with Gasteiger partial charge in [-0.3, -0.25) is 0 Å². The molecule has 0 saturated carbocycles. The summed E-state index contributed by atoms with van der Waals surface area (Å²) in [4.78, 5) is 0. The van der Waals surface area contributed by atoms with Crippen LogP contribution in [0, 0.1) is 37.5 Å². The molecular weight excluding hydrogens is 384 g/mol. The monoisotopic (exact) mass is 418 g/mol. The van der Waals surface area contributed by atoms with E-state index in [1.807, 2.05) is 0 Å². The van der Waals surface area contributed by atoms with E-state index in [4.69, 9.17) is 0 Å². The molecule has 0 aliphatic carbocycles. The molecule has 0 bridgehead atoms.